The maximum Gasteiger partial charge on any atom is 0.155 e. The average molecular weight is 691 g/mol. The number of ketones is 1. The van der Waals surface area contributed by atoms with Gasteiger partial charge in [0.05, 0.1) is 16.0 Å². The number of aryl methyl sites for hydroxylation is 1. The summed E-state index contributed by atoms with van der Waals surface area (Å²) in [4.78, 5) is 16.3. The number of hydrogen-bond acceptors (Lipinski definition) is 4. The topological polar surface area (TPSA) is 50.2 Å². The number of rotatable bonds is 4. The van der Waals surface area contributed by atoms with Gasteiger partial charge in [0.2, 0.25) is 0 Å². The van der Waals surface area contributed by atoms with Crippen molar-refractivity contribution in [2.24, 2.45) is 0 Å². The van der Waals surface area contributed by atoms with Gasteiger partial charge in [0, 0.05) is 31.1 Å². The second kappa shape index (κ2) is 12.8. The van der Waals surface area contributed by atoms with E-state index in [1.165, 1.54) is 46.2 Å². The summed E-state index contributed by atoms with van der Waals surface area (Å²) in [5, 5.41) is 8.36. The number of aliphatic hydroxyl groups is 1. The van der Waals surface area contributed by atoms with Gasteiger partial charge in [-0.15, -0.1) is 46.2 Å². The first-order valence-corrected chi connectivity index (χ1v) is 13.1. The van der Waals surface area contributed by atoms with E-state index in [0.717, 1.165) is 22.3 Å². The van der Waals surface area contributed by atoms with Gasteiger partial charge in [-0.05, 0) is 54.1 Å². The summed E-state index contributed by atoms with van der Waals surface area (Å²) in [7, 11) is 0. The molecular weight excluding hydrogens is 655 g/mol. The van der Waals surface area contributed by atoms with Gasteiger partial charge in [0.15, 0.2) is 5.78 Å². The van der Waals surface area contributed by atoms with E-state index in [9.17, 15) is 4.79 Å². The van der Waals surface area contributed by atoms with Crippen LogP contribution in [0.4, 0.5) is 0 Å². The molecule has 0 spiro atoms. The summed E-state index contributed by atoms with van der Waals surface area (Å²) in [6.45, 7) is 16.2. The minimum absolute atomic E-state index is 0. The molecule has 2 heterocycles. The second-order valence-electron chi connectivity index (χ2n) is 10.6. The molecule has 0 unspecified atom stereocenters. The van der Waals surface area contributed by atoms with Crippen molar-refractivity contribution >= 4 is 27.3 Å². The number of pyridine rings is 1. The largest absolute Gasteiger partial charge is 0.512 e. The Morgan fingerprint density at radius 2 is 1.68 bits per heavy atom. The van der Waals surface area contributed by atoms with Crippen LogP contribution in [-0.4, -0.2) is 15.9 Å². The molecule has 0 aliphatic heterocycles. The standard InChI is InChI=1S/C27H28NS.C5H8O2.Ir/c1-17(2)19-7-9-20(10-8-19)26-16-24-25(29-26)12-11-23(28-24)21-13-18(3)14-22(15-21)27(4,5)6;1-4(6)3-5(2)7;/h7-12,14-17H,1-6H3;3,6H,1-2H3;/q-1;;/b;4-3-;. The van der Waals surface area contributed by atoms with Crippen molar-refractivity contribution in [2.75, 3.05) is 0 Å². The molecule has 0 saturated heterocycles. The number of allylic oxidation sites excluding steroid dienone is 2. The Bertz CT molecular complexity index is 1390. The molecule has 4 rings (SSSR count). The smallest absolute Gasteiger partial charge is 0.155 e. The zero-order valence-corrected chi connectivity index (χ0v) is 26.1. The Hall–Kier alpha value is -2.59. The molecular formula is C32H36IrNO2S-. The molecule has 197 valence electrons. The van der Waals surface area contributed by atoms with Gasteiger partial charge >= 0.3 is 0 Å². The Labute approximate surface area is 239 Å². The van der Waals surface area contributed by atoms with Gasteiger partial charge in [-0.2, -0.15) is 0 Å². The molecule has 2 aromatic carbocycles. The molecule has 4 aromatic rings. The zero-order valence-electron chi connectivity index (χ0n) is 22.9. The van der Waals surface area contributed by atoms with Gasteiger partial charge in [0.1, 0.15) is 0 Å². The van der Waals surface area contributed by atoms with Gasteiger partial charge in [-0.1, -0.05) is 71.9 Å². The van der Waals surface area contributed by atoms with Crippen LogP contribution in [0.1, 0.15) is 71.1 Å². The van der Waals surface area contributed by atoms with Crippen molar-refractivity contribution in [3.05, 3.63) is 89.2 Å². The minimum atomic E-state index is -0.125. The Morgan fingerprint density at radius 3 is 2.19 bits per heavy atom. The summed E-state index contributed by atoms with van der Waals surface area (Å²) in [6.07, 6.45) is 1.17. The SMILES string of the molecule is CC(=O)/C=C(/C)O.Cc1[c-]c(-c2ccc3sc(-c4ccc(C(C)C)cc4)cc3n2)cc(C(C)(C)C)c1.[Ir]. The summed E-state index contributed by atoms with van der Waals surface area (Å²) >= 11 is 1.81. The average Bonchev–Trinajstić information content (AvgIpc) is 3.21. The van der Waals surface area contributed by atoms with Crippen LogP contribution in [0.25, 0.3) is 31.9 Å². The van der Waals surface area contributed by atoms with Crippen LogP contribution in [0, 0.1) is 13.0 Å². The summed E-state index contributed by atoms with van der Waals surface area (Å²) < 4.78 is 1.22. The Balaban J connectivity index is 0.000000532. The predicted molar refractivity (Wildman–Crippen MR) is 154 cm³/mol. The normalized spacial score (nSPS) is 11.6. The Kier molecular flexibility index (Phi) is 10.6. The third-order valence-electron chi connectivity index (χ3n) is 5.79. The second-order valence-corrected chi connectivity index (χ2v) is 11.7. The van der Waals surface area contributed by atoms with Crippen molar-refractivity contribution in [2.45, 2.75) is 66.7 Å². The molecule has 0 fully saturated rings. The van der Waals surface area contributed by atoms with Crippen molar-refractivity contribution in [3.8, 4) is 21.7 Å². The molecule has 2 aromatic heterocycles. The van der Waals surface area contributed by atoms with E-state index >= 15 is 0 Å². The van der Waals surface area contributed by atoms with Crippen LogP contribution in [0.3, 0.4) is 0 Å². The van der Waals surface area contributed by atoms with Crippen LogP contribution in [0.5, 0.6) is 0 Å². The Morgan fingerprint density at radius 1 is 1.03 bits per heavy atom. The number of carbonyl (C=O) groups excluding carboxylic acids is 1. The van der Waals surface area contributed by atoms with Crippen molar-refractivity contribution < 1.29 is 30.0 Å². The quantitative estimate of drug-likeness (QED) is 0.132. The first-order chi connectivity index (χ1) is 16.8. The molecule has 0 atom stereocenters. The molecule has 0 saturated carbocycles. The molecule has 0 aliphatic rings. The molecule has 1 radical (unpaired) electrons. The van der Waals surface area contributed by atoms with E-state index in [-0.39, 0.29) is 37.1 Å². The summed E-state index contributed by atoms with van der Waals surface area (Å²) in [5.74, 6) is 0.492. The monoisotopic (exact) mass is 691 g/mol. The van der Waals surface area contributed by atoms with E-state index in [0.29, 0.717) is 5.92 Å². The van der Waals surface area contributed by atoms with Gasteiger partial charge in [-0.25, -0.2) is 0 Å². The number of aromatic nitrogens is 1. The number of aliphatic hydroxyl groups excluding tert-OH is 1. The first-order valence-electron chi connectivity index (χ1n) is 12.3. The van der Waals surface area contributed by atoms with E-state index in [1.807, 2.05) is 0 Å². The van der Waals surface area contributed by atoms with Crippen LogP contribution in [-0.2, 0) is 30.3 Å². The van der Waals surface area contributed by atoms with Gasteiger partial charge in [-0.3, -0.25) is 9.78 Å². The van der Waals surface area contributed by atoms with E-state index in [4.69, 9.17) is 10.1 Å². The van der Waals surface area contributed by atoms with Crippen molar-refractivity contribution in [3.63, 3.8) is 0 Å². The summed E-state index contributed by atoms with van der Waals surface area (Å²) in [6, 6.07) is 23.4. The fraction of sp³-hybridized carbons (Fsp3) is 0.312. The number of benzene rings is 2. The maximum absolute atomic E-state index is 10.0. The number of hydrogen-bond donors (Lipinski definition) is 1. The van der Waals surface area contributed by atoms with Crippen LogP contribution < -0.4 is 0 Å². The maximum atomic E-state index is 10.0. The molecule has 0 aliphatic carbocycles. The van der Waals surface area contributed by atoms with Crippen molar-refractivity contribution in [1.29, 1.82) is 0 Å². The number of thiophene rings is 1. The molecule has 5 heteroatoms. The fourth-order valence-electron chi connectivity index (χ4n) is 3.83. The number of nitrogens with zero attached hydrogens (tertiary/aromatic N) is 1. The fourth-order valence-corrected chi connectivity index (χ4v) is 4.84. The van der Waals surface area contributed by atoms with E-state index in [2.05, 4.69) is 102 Å². The van der Waals surface area contributed by atoms with Crippen LogP contribution >= 0.6 is 11.3 Å². The first kappa shape index (κ1) is 30.6. The molecule has 0 bridgehead atoms. The molecule has 3 nitrogen and oxygen atoms in total. The molecule has 37 heavy (non-hydrogen) atoms. The van der Waals surface area contributed by atoms with Crippen LogP contribution in [0.2, 0.25) is 0 Å². The molecule has 0 amide bonds. The third kappa shape index (κ3) is 8.46. The predicted octanol–water partition coefficient (Wildman–Crippen LogP) is 9.19. The minimum Gasteiger partial charge on any atom is -0.512 e. The van der Waals surface area contributed by atoms with E-state index < -0.39 is 0 Å². The van der Waals surface area contributed by atoms with E-state index in [1.54, 1.807) is 11.3 Å². The van der Waals surface area contributed by atoms with Gasteiger partial charge in [0.25, 0.3) is 0 Å². The van der Waals surface area contributed by atoms with Gasteiger partial charge < -0.3 is 5.11 Å². The number of fused-ring (bicyclic) bond motifs is 1. The summed E-state index contributed by atoms with van der Waals surface area (Å²) in [5.41, 5.74) is 8.35. The van der Waals surface area contributed by atoms with Crippen molar-refractivity contribution in [1.82, 2.24) is 4.98 Å². The zero-order chi connectivity index (χ0) is 26.6. The number of carbonyl (C=O) groups is 1. The third-order valence-corrected chi connectivity index (χ3v) is 6.93. The molecule has 1 N–H and O–H groups in total. The van der Waals surface area contributed by atoms with Crippen LogP contribution in [0.15, 0.2) is 66.4 Å².